The molecule has 286 valence electrons. The molecule has 4 N–H and O–H groups in total. The van der Waals surface area contributed by atoms with Gasteiger partial charge in [0.25, 0.3) is 0 Å². The van der Waals surface area contributed by atoms with E-state index in [9.17, 15) is 24.6 Å². The standard InChI is InChI=1S/C40H50N2O11/c1-6-42-19-37(20-51-36(46)23-14-10-11-15-25(23)41)17-16-26(48-3)39-24-18-38(47)33(52-35(45)22-12-8-7-9-13-22)27(24)40(53-21(2)43,32(44)34(38)50-5)28(31(39)42)29(49-4)30(37)39/h7-15,24,26-34,44,47H,6,16-20,41H2,1-5H3/t24-,26+,27-,28-,29+,30-,31?,32+,33-,34+,37+,38-,39+,40-/m1/s1. The quantitative estimate of drug-likeness (QED) is 0.185. The van der Waals surface area contributed by atoms with E-state index in [2.05, 4.69) is 11.8 Å². The van der Waals surface area contributed by atoms with Crippen LogP contribution in [0.3, 0.4) is 0 Å². The van der Waals surface area contributed by atoms with Crippen LogP contribution in [0, 0.1) is 34.5 Å². The average Bonchev–Trinajstić information content (AvgIpc) is 3.53. The van der Waals surface area contributed by atoms with Crippen molar-refractivity contribution in [2.24, 2.45) is 34.5 Å². The molecular weight excluding hydrogens is 684 g/mol. The predicted octanol–water partition coefficient (Wildman–Crippen LogP) is 2.47. The molecule has 6 fully saturated rings. The number of ether oxygens (including phenoxy) is 6. The summed E-state index contributed by atoms with van der Waals surface area (Å²) in [7, 11) is 4.71. The van der Waals surface area contributed by atoms with Crippen molar-refractivity contribution in [2.75, 3.05) is 46.8 Å². The highest BCUT2D eigenvalue weighted by molar-refractivity contribution is 5.95. The molecule has 14 atom stereocenters. The molecule has 5 saturated carbocycles. The van der Waals surface area contributed by atoms with Crippen molar-refractivity contribution in [2.45, 2.75) is 80.9 Å². The molecule has 0 radical (unpaired) electrons. The van der Waals surface area contributed by atoms with E-state index in [0.29, 0.717) is 37.2 Å². The lowest BCUT2D eigenvalue weighted by atomic mass is 9.43. The molecule has 1 heterocycles. The highest BCUT2D eigenvalue weighted by Gasteiger charge is 2.91. The lowest BCUT2D eigenvalue weighted by Crippen LogP contribution is -2.80. The van der Waals surface area contributed by atoms with Crippen molar-refractivity contribution in [3.8, 4) is 0 Å². The summed E-state index contributed by atoms with van der Waals surface area (Å²) in [5.74, 6) is -4.24. The fourth-order valence-electron chi connectivity index (χ4n) is 13.0. The number of hydrogen-bond acceptors (Lipinski definition) is 13. The van der Waals surface area contributed by atoms with Crippen LogP contribution in [-0.4, -0.2) is 122 Å². The smallest absolute Gasteiger partial charge is 0.340 e. The van der Waals surface area contributed by atoms with Crippen LogP contribution in [0.2, 0.25) is 0 Å². The molecule has 13 heteroatoms. The van der Waals surface area contributed by atoms with Crippen LogP contribution < -0.4 is 5.73 Å². The molecule has 5 aliphatic carbocycles. The van der Waals surface area contributed by atoms with Gasteiger partial charge in [0.2, 0.25) is 0 Å². The largest absolute Gasteiger partial charge is 0.461 e. The molecule has 8 rings (SSSR count). The number of aliphatic hydroxyl groups is 2. The van der Waals surface area contributed by atoms with Crippen molar-refractivity contribution in [1.82, 2.24) is 4.90 Å². The number of hydrogen-bond donors (Lipinski definition) is 3. The van der Waals surface area contributed by atoms with Gasteiger partial charge in [-0.1, -0.05) is 37.3 Å². The van der Waals surface area contributed by atoms with E-state index in [1.54, 1.807) is 68.8 Å². The Kier molecular flexibility index (Phi) is 8.75. The first kappa shape index (κ1) is 36.4. The van der Waals surface area contributed by atoms with Gasteiger partial charge in [0, 0.05) is 75.1 Å². The zero-order valence-corrected chi connectivity index (χ0v) is 30.8. The number of nitrogens with two attached hydrogens (primary N) is 1. The molecule has 6 aliphatic rings. The Hall–Kier alpha value is -3.59. The van der Waals surface area contributed by atoms with E-state index >= 15 is 0 Å². The second-order valence-corrected chi connectivity index (χ2v) is 16.1. The predicted molar refractivity (Wildman–Crippen MR) is 188 cm³/mol. The molecule has 0 aromatic heterocycles. The van der Waals surface area contributed by atoms with Gasteiger partial charge in [-0.2, -0.15) is 0 Å². The Morgan fingerprint density at radius 2 is 1.66 bits per heavy atom. The Morgan fingerprint density at radius 1 is 0.943 bits per heavy atom. The summed E-state index contributed by atoms with van der Waals surface area (Å²) in [6.07, 6.45) is -3.73. The van der Waals surface area contributed by atoms with Crippen molar-refractivity contribution in [1.29, 1.82) is 0 Å². The third-order valence-corrected chi connectivity index (χ3v) is 14.3. The zero-order valence-electron chi connectivity index (χ0n) is 30.8. The summed E-state index contributed by atoms with van der Waals surface area (Å²) in [5.41, 5.74) is 2.03. The number of anilines is 1. The number of para-hydroxylation sites is 1. The van der Waals surface area contributed by atoms with Gasteiger partial charge in [-0.15, -0.1) is 0 Å². The molecule has 7 bridgehead atoms. The number of likely N-dealkylation sites (tertiary alicyclic amines) is 1. The van der Waals surface area contributed by atoms with E-state index in [1.165, 1.54) is 14.0 Å². The van der Waals surface area contributed by atoms with Crippen LogP contribution >= 0.6 is 0 Å². The summed E-state index contributed by atoms with van der Waals surface area (Å²) >= 11 is 0. The fraction of sp³-hybridized carbons (Fsp3) is 0.625. The highest BCUT2D eigenvalue weighted by Crippen LogP contribution is 2.80. The third-order valence-electron chi connectivity index (χ3n) is 14.3. The SMILES string of the molecule is CCN1C[C@]2(COC(=O)c3ccccc3N)CC[C@H](OC)[C@]34C1[C@@H]([C@H](OC)[C@H]23)[C@]1(OC(C)=O)[C@H]2[C@@H](OC(=O)c3ccccc3)[C@](O)(C[C@H]24)[C@@H](OC)[C@@H]1O. The normalized spacial score (nSPS) is 43.2. The molecular formula is C40H50N2O11. The highest BCUT2D eigenvalue weighted by atomic mass is 16.6. The van der Waals surface area contributed by atoms with Gasteiger partial charge in [-0.05, 0) is 56.0 Å². The van der Waals surface area contributed by atoms with Crippen LogP contribution in [0.5, 0.6) is 0 Å². The number of rotatable bonds is 10. The molecule has 1 saturated heterocycles. The maximum atomic E-state index is 13.9. The third kappa shape index (κ3) is 4.61. The molecule has 2 aromatic carbocycles. The number of fused-ring (bicyclic) bond motifs is 2. The number of aliphatic hydroxyl groups excluding tert-OH is 1. The van der Waals surface area contributed by atoms with Gasteiger partial charge >= 0.3 is 17.9 Å². The molecule has 1 aliphatic heterocycles. The molecule has 1 unspecified atom stereocenters. The van der Waals surface area contributed by atoms with Gasteiger partial charge < -0.3 is 44.4 Å². The summed E-state index contributed by atoms with van der Waals surface area (Å²) < 4.78 is 38.2. The van der Waals surface area contributed by atoms with Crippen LogP contribution in [0.4, 0.5) is 5.69 Å². The van der Waals surface area contributed by atoms with Crippen molar-refractivity contribution < 1.29 is 53.0 Å². The van der Waals surface area contributed by atoms with E-state index in [1.807, 2.05) is 0 Å². The van der Waals surface area contributed by atoms with Crippen molar-refractivity contribution in [3.63, 3.8) is 0 Å². The Balaban J connectivity index is 1.33. The molecule has 2 aromatic rings. The Labute approximate surface area is 309 Å². The van der Waals surface area contributed by atoms with Crippen LogP contribution in [-0.2, 0) is 33.2 Å². The summed E-state index contributed by atoms with van der Waals surface area (Å²) in [5, 5.41) is 25.6. The topological polar surface area (TPSA) is 176 Å². The monoisotopic (exact) mass is 734 g/mol. The van der Waals surface area contributed by atoms with E-state index in [0.717, 1.165) is 0 Å². The van der Waals surface area contributed by atoms with Crippen LogP contribution in [0.1, 0.15) is 53.8 Å². The number of nitrogens with zero attached hydrogens (tertiary/aromatic N) is 1. The molecule has 53 heavy (non-hydrogen) atoms. The van der Waals surface area contributed by atoms with Gasteiger partial charge in [-0.3, -0.25) is 9.69 Å². The van der Waals surface area contributed by atoms with Gasteiger partial charge in [0.05, 0.1) is 29.9 Å². The maximum Gasteiger partial charge on any atom is 0.340 e. The number of benzene rings is 2. The lowest BCUT2D eigenvalue weighted by Gasteiger charge is -2.69. The van der Waals surface area contributed by atoms with Gasteiger partial charge in [0.15, 0.2) is 5.60 Å². The number of carbonyl (C=O) groups excluding carboxylic acids is 3. The van der Waals surface area contributed by atoms with Crippen LogP contribution in [0.25, 0.3) is 0 Å². The summed E-state index contributed by atoms with van der Waals surface area (Å²) in [4.78, 5) is 43.3. The van der Waals surface area contributed by atoms with E-state index < -0.39 is 82.1 Å². The lowest BCUT2D eigenvalue weighted by molar-refractivity contribution is -0.317. The van der Waals surface area contributed by atoms with E-state index in [4.69, 9.17) is 34.2 Å². The Morgan fingerprint density at radius 3 is 2.30 bits per heavy atom. The summed E-state index contributed by atoms with van der Waals surface area (Å²) in [6, 6.07) is 15.0. The minimum Gasteiger partial charge on any atom is -0.461 e. The first-order valence-electron chi connectivity index (χ1n) is 18.6. The van der Waals surface area contributed by atoms with Crippen molar-refractivity contribution >= 4 is 23.6 Å². The zero-order chi connectivity index (χ0) is 37.7. The number of esters is 3. The number of methoxy groups -OCH3 is 3. The van der Waals surface area contributed by atoms with E-state index in [-0.39, 0.29) is 36.7 Å². The first-order valence-corrected chi connectivity index (χ1v) is 18.6. The minimum absolute atomic E-state index is 0.0523. The molecule has 13 nitrogen and oxygen atoms in total. The second kappa shape index (κ2) is 12.7. The van der Waals surface area contributed by atoms with Gasteiger partial charge in [-0.25, -0.2) is 9.59 Å². The Bertz CT molecular complexity index is 1780. The van der Waals surface area contributed by atoms with Crippen molar-refractivity contribution in [3.05, 3.63) is 65.7 Å². The molecule has 0 amide bonds. The first-order chi connectivity index (χ1) is 25.4. The maximum absolute atomic E-state index is 13.9. The number of nitrogen functional groups attached to an aromatic ring is 1. The van der Waals surface area contributed by atoms with Crippen LogP contribution in [0.15, 0.2) is 54.6 Å². The summed E-state index contributed by atoms with van der Waals surface area (Å²) in [6.45, 7) is 4.53. The second-order valence-electron chi connectivity index (χ2n) is 16.1. The fourth-order valence-corrected chi connectivity index (χ4v) is 13.0. The van der Waals surface area contributed by atoms with Gasteiger partial charge in [0.1, 0.15) is 23.9 Å². The average molecular weight is 735 g/mol. The number of piperidine rings is 1. The molecule has 1 spiro atoms. The number of carbonyl (C=O) groups is 3. The minimum atomic E-state index is -1.86.